The van der Waals surface area contributed by atoms with Crippen LogP contribution in [-0.4, -0.2) is 33.3 Å². The SMILES string of the molecule is CN(C(=O)c1csc2nc(-c3cccc(F)c3)cn12)C(C1CC1)C1CC1. The summed E-state index contributed by atoms with van der Waals surface area (Å²) in [5.74, 6) is 1.13. The van der Waals surface area contributed by atoms with Gasteiger partial charge in [0, 0.05) is 30.2 Å². The number of thiazole rings is 1. The highest BCUT2D eigenvalue weighted by atomic mass is 32.1. The number of benzene rings is 1. The first-order valence-electron chi connectivity index (χ1n) is 9.11. The first kappa shape index (κ1) is 16.0. The van der Waals surface area contributed by atoms with Gasteiger partial charge in [0.1, 0.15) is 11.5 Å². The number of nitrogens with zero attached hydrogens (tertiary/aromatic N) is 3. The molecule has 2 aromatic heterocycles. The molecule has 0 aliphatic heterocycles. The number of amides is 1. The van der Waals surface area contributed by atoms with Gasteiger partial charge in [-0.2, -0.15) is 0 Å². The summed E-state index contributed by atoms with van der Waals surface area (Å²) in [6.07, 6.45) is 6.81. The second-order valence-corrected chi connectivity index (χ2v) is 8.33. The fourth-order valence-corrected chi connectivity index (χ4v) is 4.78. The van der Waals surface area contributed by atoms with Crippen LogP contribution in [0.5, 0.6) is 0 Å². The average molecular weight is 369 g/mol. The molecule has 0 unspecified atom stereocenters. The number of carbonyl (C=O) groups excluding carboxylic acids is 1. The van der Waals surface area contributed by atoms with Gasteiger partial charge in [-0.3, -0.25) is 9.20 Å². The van der Waals surface area contributed by atoms with E-state index in [4.69, 9.17) is 0 Å². The van der Waals surface area contributed by atoms with E-state index in [1.165, 1.54) is 49.2 Å². The lowest BCUT2D eigenvalue weighted by atomic mass is 10.1. The molecule has 1 aromatic carbocycles. The van der Waals surface area contributed by atoms with Crippen LogP contribution < -0.4 is 0 Å². The maximum Gasteiger partial charge on any atom is 0.271 e. The van der Waals surface area contributed by atoms with Crippen molar-refractivity contribution in [2.75, 3.05) is 7.05 Å². The van der Waals surface area contributed by atoms with Gasteiger partial charge >= 0.3 is 0 Å². The first-order chi connectivity index (χ1) is 12.6. The molecule has 0 N–H and O–H groups in total. The Bertz CT molecular complexity index is 974. The molecule has 2 aliphatic rings. The van der Waals surface area contributed by atoms with Gasteiger partial charge in [0.25, 0.3) is 5.91 Å². The molecule has 2 heterocycles. The monoisotopic (exact) mass is 369 g/mol. The lowest BCUT2D eigenvalue weighted by molar-refractivity contribution is 0.0683. The molecule has 4 nitrogen and oxygen atoms in total. The molecule has 134 valence electrons. The summed E-state index contributed by atoms with van der Waals surface area (Å²) in [5.41, 5.74) is 2.06. The van der Waals surface area contributed by atoms with Gasteiger partial charge in [0.15, 0.2) is 4.96 Å². The summed E-state index contributed by atoms with van der Waals surface area (Å²) in [4.78, 5) is 20.4. The quantitative estimate of drug-likeness (QED) is 0.666. The summed E-state index contributed by atoms with van der Waals surface area (Å²) >= 11 is 1.45. The Morgan fingerprint density at radius 1 is 1.31 bits per heavy atom. The predicted octanol–water partition coefficient (Wildman–Crippen LogP) is 4.46. The molecule has 0 saturated heterocycles. The van der Waals surface area contributed by atoms with Crippen LogP contribution in [-0.2, 0) is 0 Å². The lowest BCUT2D eigenvalue weighted by Crippen LogP contribution is -2.40. The van der Waals surface area contributed by atoms with Crippen LogP contribution in [0.2, 0.25) is 0 Å². The van der Waals surface area contributed by atoms with Crippen LogP contribution in [0.15, 0.2) is 35.8 Å². The normalized spacial score (nSPS) is 17.2. The summed E-state index contributed by atoms with van der Waals surface area (Å²) < 4.78 is 15.4. The van der Waals surface area contributed by atoms with E-state index in [0.29, 0.717) is 29.3 Å². The summed E-state index contributed by atoms with van der Waals surface area (Å²) in [7, 11) is 1.94. The zero-order valence-corrected chi connectivity index (χ0v) is 15.4. The van der Waals surface area contributed by atoms with Crippen LogP contribution in [0.3, 0.4) is 0 Å². The van der Waals surface area contributed by atoms with Crippen molar-refractivity contribution in [1.82, 2.24) is 14.3 Å². The van der Waals surface area contributed by atoms with Gasteiger partial charge in [-0.05, 0) is 49.7 Å². The highest BCUT2D eigenvalue weighted by molar-refractivity contribution is 7.15. The maximum absolute atomic E-state index is 13.5. The molecule has 2 aliphatic carbocycles. The lowest BCUT2D eigenvalue weighted by Gasteiger charge is -2.28. The first-order valence-corrected chi connectivity index (χ1v) is 9.99. The van der Waals surface area contributed by atoms with Crippen molar-refractivity contribution in [3.8, 4) is 11.3 Å². The van der Waals surface area contributed by atoms with E-state index in [0.717, 1.165) is 10.5 Å². The van der Waals surface area contributed by atoms with E-state index in [2.05, 4.69) is 4.98 Å². The highest BCUT2D eigenvalue weighted by Crippen LogP contribution is 2.47. The van der Waals surface area contributed by atoms with Gasteiger partial charge in [0.2, 0.25) is 0 Å². The molecule has 0 radical (unpaired) electrons. The predicted molar refractivity (Wildman–Crippen MR) is 99.8 cm³/mol. The Kier molecular flexibility index (Phi) is 3.64. The van der Waals surface area contributed by atoms with Crippen LogP contribution in [0.1, 0.15) is 36.2 Å². The minimum absolute atomic E-state index is 0.0586. The number of carbonyl (C=O) groups is 1. The molecule has 26 heavy (non-hydrogen) atoms. The van der Waals surface area contributed by atoms with E-state index in [9.17, 15) is 9.18 Å². The van der Waals surface area contributed by atoms with Gasteiger partial charge < -0.3 is 4.90 Å². The largest absolute Gasteiger partial charge is 0.337 e. The van der Waals surface area contributed by atoms with E-state index >= 15 is 0 Å². The molecule has 2 fully saturated rings. The zero-order valence-electron chi connectivity index (χ0n) is 14.6. The molecule has 3 aromatic rings. The fourth-order valence-electron chi connectivity index (χ4n) is 3.93. The van der Waals surface area contributed by atoms with Crippen LogP contribution in [0.25, 0.3) is 16.2 Å². The third-order valence-corrected chi connectivity index (χ3v) is 6.37. The van der Waals surface area contributed by atoms with Crippen LogP contribution in [0.4, 0.5) is 4.39 Å². The van der Waals surface area contributed by atoms with Crippen molar-refractivity contribution in [3.63, 3.8) is 0 Å². The Labute approximate surface area is 155 Å². The number of hydrogen-bond donors (Lipinski definition) is 0. The number of rotatable bonds is 5. The van der Waals surface area contributed by atoms with Crippen LogP contribution in [0, 0.1) is 17.7 Å². The molecular weight excluding hydrogens is 349 g/mol. The Balaban J connectivity index is 1.48. The topological polar surface area (TPSA) is 37.6 Å². The number of fused-ring (bicyclic) bond motifs is 1. The van der Waals surface area contributed by atoms with Gasteiger partial charge in [-0.25, -0.2) is 9.37 Å². The third-order valence-electron chi connectivity index (χ3n) is 5.53. The van der Waals surface area contributed by atoms with Crippen molar-refractivity contribution in [2.24, 2.45) is 11.8 Å². The minimum Gasteiger partial charge on any atom is -0.337 e. The standard InChI is InChI=1S/C20H20FN3OS/c1-23(18(12-5-6-12)13-7-8-13)19(25)17-11-26-20-22-16(10-24(17)20)14-3-2-4-15(21)9-14/h2-4,9-13,18H,5-8H2,1H3. The fraction of sp³-hybridized carbons (Fsp3) is 0.400. The Hall–Kier alpha value is -2.21. The van der Waals surface area contributed by atoms with Crippen LogP contribution >= 0.6 is 11.3 Å². The molecule has 0 atom stereocenters. The molecule has 5 rings (SSSR count). The van der Waals surface area contributed by atoms with Crippen molar-refractivity contribution < 1.29 is 9.18 Å². The van der Waals surface area contributed by atoms with E-state index < -0.39 is 0 Å². The molecule has 0 bridgehead atoms. The molecule has 6 heteroatoms. The van der Waals surface area contributed by atoms with Gasteiger partial charge in [-0.1, -0.05) is 12.1 Å². The average Bonchev–Trinajstić information content (AvgIpc) is 3.54. The van der Waals surface area contributed by atoms with E-state index in [1.54, 1.807) is 6.07 Å². The van der Waals surface area contributed by atoms with Crippen molar-refractivity contribution in [1.29, 1.82) is 0 Å². The Morgan fingerprint density at radius 3 is 2.69 bits per heavy atom. The summed E-state index contributed by atoms with van der Waals surface area (Å²) in [6.45, 7) is 0. The molecule has 2 saturated carbocycles. The Morgan fingerprint density at radius 2 is 2.04 bits per heavy atom. The second-order valence-electron chi connectivity index (χ2n) is 7.49. The second kappa shape index (κ2) is 5.91. The van der Waals surface area contributed by atoms with Gasteiger partial charge in [-0.15, -0.1) is 11.3 Å². The number of halogens is 1. The third kappa shape index (κ3) is 2.72. The number of imidazole rings is 1. The minimum atomic E-state index is -0.286. The van der Waals surface area contributed by atoms with E-state index in [1.807, 2.05) is 34.0 Å². The zero-order chi connectivity index (χ0) is 17.8. The van der Waals surface area contributed by atoms with Crippen molar-refractivity contribution in [3.05, 3.63) is 47.4 Å². The molecule has 0 spiro atoms. The molecular formula is C20H20FN3OS. The number of aromatic nitrogens is 2. The van der Waals surface area contributed by atoms with Gasteiger partial charge in [0.05, 0.1) is 5.69 Å². The van der Waals surface area contributed by atoms with Crippen molar-refractivity contribution >= 4 is 22.2 Å². The number of hydrogen-bond acceptors (Lipinski definition) is 3. The van der Waals surface area contributed by atoms with Crippen molar-refractivity contribution in [2.45, 2.75) is 31.7 Å². The molecule has 1 amide bonds. The smallest absolute Gasteiger partial charge is 0.271 e. The summed E-state index contributed by atoms with van der Waals surface area (Å²) in [6, 6.07) is 6.77. The van der Waals surface area contributed by atoms with E-state index in [-0.39, 0.29) is 11.7 Å². The highest BCUT2D eigenvalue weighted by Gasteiger charge is 2.45. The summed E-state index contributed by atoms with van der Waals surface area (Å²) in [5, 5.41) is 1.88. The maximum atomic E-state index is 13.5.